The van der Waals surface area contributed by atoms with Crippen molar-refractivity contribution in [1.82, 2.24) is 19.3 Å². The smallest absolute Gasteiger partial charge is 0.390 e. The first kappa shape index (κ1) is 24.6. The summed E-state index contributed by atoms with van der Waals surface area (Å²) in [7, 11) is -3.92. The van der Waals surface area contributed by atoms with E-state index < -0.39 is 39.8 Å². The van der Waals surface area contributed by atoms with Gasteiger partial charge in [0.1, 0.15) is 5.82 Å². The first-order valence-corrected chi connectivity index (χ1v) is 11.8. The molecule has 0 radical (unpaired) electrons. The summed E-state index contributed by atoms with van der Waals surface area (Å²) in [6.45, 7) is -0.118. The summed E-state index contributed by atoms with van der Waals surface area (Å²) in [6.07, 6.45) is -3.31. The lowest BCUT2D eigenvalue weighted by atomic mass is 10.0. The third-order valence-corrected chi connectivity index (χ3v) is 7.46. The molecule has 0 spiro atoms. The number of carbonyl (C=O) groups is 1. The summed E-state index contributed by atoms with van der Waals surface area (Å²) in [5.74, 6) is -0.595. The van der Waals surface area contributed by atoms with E-state index in [4.69, 9.17) is 5.73 Å². The number of aromatic nitrogens is 3. The number of nitrogens with two attached hydrogens (primary N) is 1. The predicted molar refractivity (Wildman–Crippen MR) is 119 cm³/mol. The molecule has 1 saturated heterocycles. The fraction of sp³-hybridized carbons (Fsp3) is 0.286. The van der Waals surface area contributed by atoms with Crippen LogP contribution in [0.25, 0.3) is 11.3 Å². The minimum atomic E-state index is -4.51. The first-order chi connectivity index (χ1) is 16.4. The summed E-state index contributed by atoms with van der Waals surface area (Å²) in [5, 5.41) is 13.4. The number of halogens is 3. The number of amides is 1. The van der Waals surface area contributed by atoms with Crippen LogP contribution in [0.2, 0.25) is 0 Å². The standard InChI is InChI=1S/C21H21F3N6O4S/c22-21(23,24)13-3-6-18(26-9-13)28-15-7-8-30(11-17(15)31)35(33,34)14-4-1-12(2-5-14)16-10-27-20(29-16)19(25)32/h1-6,9-10,15,17,31H,7-8,11H2,(H2,25,32)(H,26,28)(H,27,29)/t15-,17+/m1/s1. The van der Waals surface area contributed by atoms with Crippen LogP contribution in [0.5, 0.6) is 0 Å². The van der Waals surface area contributed by atoms with Gasteiger partial charge in [0.15, 0.2) is 5.82 Å². The Hall–Kier alpha value is -3.49. The van der Waals surface area contributed by atoms with Gasteiger partial charge in [-0.15, -0.1) is 0 Å². The fourth-order valence-electron chi connectivity index (χ4n) is 3.67. The second kappa shape index (κ2) is 9.28. The van der Waals surface area contributed by atoms with Crippen LogP contribution < -0.4 is 11.1 Å². The minimum absolute atomic E-state index is 0.0129. The third kappa shape index (κ3) is 5.28. The summed E-state index contributed by atoms with van der Waals surface area (Å²) >= 11 is 0. The quantitative estimate of drug-likeness (QED) is 0.394. The van der Waals surface area contributed by atoms with Gasteiger partial charge >= 0.3 is 6.18 Å². The highest BCUT2D eigenvalue weighted by molar-refractivity contribution is 7.89. The number of pyridine rings is 1. The van der Waals surface area contributed by atoms with E-state index in [2.05, 4.69) is 20.3 Å². The zero-order valence-corrected chi connectivity index (χ0v) is 18.8. The van der Waals surface area contributed by atoms with Gasteiger partial charge in [0.25, 0.3) is 5.91 Å². The number of rotatable bonds is 6. The molecule has 1 fully saturated rings. The van der Waals surface area contributed by atoms with Crippen molar-refractivity contribution in [3.8, 4) is 11.3 Å². The first-order valence-electron chi connectivity index (χ1n) is 10.4. The van der Waals surface area contributed by atoms with E-state index >= 15 is 0 Å². The van der Waals surface area contributed by atoms with Crippen molar-refractivity contribution in [1.29, 1.82) is 0 Å². The number of sulfonamides is 1. The van der Waals surface area contributed by atoms with Crippen molar-refractivity contribution in [3.63, 3.8) is 0 Å². The number of aromatic amines is 1. The number of piperidine rings is 1. The maximum absolute atomic E-state index is 13.1. The van der Waals surface area contributed by atoms with Gasteiger partial charge in [-0.2, -0.15) is 17.5 Å². The number of imidazole rings is 1. The van der Waals surface area contributed by atoms with E-state index in [-0.39, 0.29) is 36.0 Å². The number of hydrogen-bond donors (Lipinski definition) is 4. The van der Waals surface area contributed by atoms with Crippen LogP contribution in [-0.4, -0.2) is 63.9 Å². The molecule has 35 heavy (non-hydrogen) atoms. The highest BCUT2D eigenvalue weighted by atomic mass is 32.2. The summed E-state index contributed by atoms with van der Waals surface area (Å²) < 4.78 is 65.3. The van der Waals surface area contributed by atoms with Crippen molar-refractivity contribution < 1.29 is 31.5 Å². The molecule has 0 aliphatic carbocycles. The van der Waals surface area contributed by atoms with E-state index in [1.54, 1.807) is 12.1 Å². The Balaban J connectivity index is 1.41. The van der Waals surface area contributed by atoms with E-state index in [0.717, 1.165) is 16.4 Å². The van der Waals surface area contributed by atoms with Gasteiger partial charge in [-0.25, -0.2) is 18.4 Å². The Morgan fingerprint density at radius 3 is 2.40 bits per heavy atom. The topological polar surface area (TPSA) is 154 Å². The SMILES string of the molecule is NC(=O)c1ncc(-c2ccc(S(=O)(=O)N3CC[C@@H](Nc4ccc(C(F)(F)F)cn4)[C@@H](O)C3)cc2)[nH]1. The maximum Gasteiger partial charge on any atom is 0.417 e. The average molecular weight is 510 g/mol. The molecular weight excluding hydrogens is 489 g/mol. The molecule has 1 amide bonds. The monoisotopic (exact) mass is 510 g/mol. The van der Waals surface area contributed by atoms with Gasteiger partial charge in [0, 0.05) is 19.3 Å². The third-order valence-electron chi connectivity index (χ3n) is 5.58. The van der Waals surface area contributed by atoms with E-state index in [9.17, 15) is 31.5 Å². The number of primary amides is 1. The number of alkyl halides is 3. The molecular formula is C21H21F3N6O4S. The molecule has 14 heteroatoms. The van der Waals surface area contributed by atoms with Gasteiger partial charge < -0.3 is 21.1 Å². The lowest BCUT2D eigenvalue weighted by molar-refractivity contribution is -0.137. The number of aliphatic hydroxyl groups is 1. The van der Waals surface area contributed by atoms with Crippen LogP contribution in [-0.2, 0) is 16.2 Å². The number of hydrogen-bond acceptors (Lipinski definition) is 7. The summed E-state index contributed by atoms with van der Waals surface area (Å²) in [6, 6.07) is 7.34. The van der Waals surface area contributed by atoms with Crippen molar-refractivity contribution in [2.24, 2.45) is 5.73 Å². The number of H-pyrrole nitrogens is 1. The van der Waals surface area contributed by atoms with E-state index in [1.165, 1.54) is 18.3 Å². The molecule has 3 aromatic rings. The predicted octanol–water partition coefficient (Wildman–Crippen LogP) is 1.83. The van der Waals surface area contributed by atoms with Crippen LogP contribution in [0.1, 0.15) is 22.6 Å². The summed E-state index contributed by atoms with van der Waals surface area (Å²) in [4.78, 5) is 21.5. The molecule has 0 unspecified atom stereocenters. The van der Waals surface area contributed by atoms with E-state index in [1.807, 2.05) is 0 Å². The van der Waals surface area contributed by atoms with Gasteiger partial charge in [-0.05, 0) is 36.2 Å². The molecule has 2 atom stereocenters. The zero-order chi connectivity index (χ0) is 25.4. The minimum Gasteiger partial charge on any atom is -0.390 e. The molecule has 1 aliphatic heterocycles. The number of benzene rings is 1. The molecule has 4 rings (SSSR count). The molecule has 3 heterocycles. The van der Waals surface area contributed by atoms with E-state index in [0.29, 0.717) is 17.5 Å². The summed E-state index contributed by atoms with van der Waals surface area (Å²) in [5.41, 5.74) is 5.36. The second-order valence-electron chi connectivity index (χ2n) is 7.93. The molecule has 2 aromatic heterocycles. The fourth-order valence-corrected chi connectivity index (χ4v) is 5.15. The van der Waals surface area contributed by atoms with Crippen LogP contribution in [0.3, 0.4) is 0 Å². The number of anilines is 1. The Morgan fingerprint density at radius 2 is 1.86 bits per heavy atom. The molecule has 0 saturated carbocycles. The maximum atomic E-state index is 13.1. The van der Waals surface area contributed by atoms with Gasteiger partial charge in [-0.1, -0.05) is 12.1 Å². The van der Waals surface area contributed by atoms with Gasteiger partial charge in [-0.3, -0.25) is 4.79 Å². The average Bonchev–Trinajstić information content (AvgIpc) is 3.31. The largest absolute Gasteiger partial charge is 0.417 e. The number of β-amino-alcohol motifs (C(OH)–C–C–N with tert-alkyl or cyclic N) is 1. The Bertz CT molecular complexity index is 1310. The Kier molecular flexibility index (Phi) is 6.53. The van der Waals surface area contributed by atoms with Crippen LogP contribution in [0, 0.1) is 0 Å². The lowest BCUT2D eigenvalue weighted by Gasteiger charge is -2.35. The van der Waals surface area contributed by atoms with Crippen molar-refractivity contribution in [2.45, 2.75) is 29.6 Å². The lowest BCUT2D eigenvalue weighted by Crippen LogP contribution is -2.51. The van der Waals surface area contributed by atoms with Gasteiger partial charge in [0.05, 0.1) is 34.5 Å². The van der Waals surface area contributed by atoms with Crippen LogP contribution in [0.4, 0.5) is 19.0 Å². The number of aliphatic hydroxyl groups excluding tert-OH is 1. The number of carbonyl (C=O) groups excluding carboxylic acids is 1. The normalized spacial score (nSPS) is 19.4. The van der Waals surface area contributed by atoms with Crippen molar-refractivity contribution in [3.05, 3.63) is 60.2 Å². The van der Waals surface area contributed by atoms with Crippen LogP contribution >= 0.6 is 0 Å². The Labute approximate surface area is 198 Å². The molecule has 0 bridgehead atoms. The van der Waals surface area contributed by atoms with Gasteiger partial charge in [0.2, 0.25) is 10.0 Å². The molecule has 186 valence electrons. The number of nitrogens with one attached hydrogen (secondary N) is 2. The molecule has 10 nitrogen and oxygen atoms in total. The van der Waals surface area contributed by atoms with Crippen molar-refractivity contribution in [2.75, 3.05) is 18.4 Å². The highest BCUT2D eigenvalue weighted by Gasteiger charge is 2.35. The Morgan fingerprint density at radius 1 is 1.14 bits per heavy atom. The second-order valence-corrected chi connectivity index (χ2v) is 9.87. The highest BCUT2D eigenvalue weighted by Crippen LogP contribution is 2.29. The van der Waals surface area contributed by atoms with Crippen LogP contribution in [0.15, 0.2) is 53.7 Å². The zero-order valence-electron chi connectivity index (χ0n) is 18.0. The number of nitrogens with zero attached hydrogens (tertiary/aromatic N) is 3. The molecule has 5 N–H and O–H groups in total. The molecule has 1 aromatic carbocycles. The van der Waals surface area contributed by atoms with Crippen molar-refractivity contribution >= 4 is 21.7 Å². The molecule has 1 aliphatic rings.